The Morgan fingerprint density at radius 1 is 0.879 bits per heavy atom. The van der Waals surface area contributed by atoms with E-state index in [2.05, 4.69) is 5.32 Å². The van der Waals surface area contributed by atoms with Gasteiger partial charge in [-0.25, -0.2) is 8.42 Å². The van der Waals surface area contributed by atoms with Crippen molar-refractivity contribution >= 4 is 21.6 Å². The van der Waals surface area contributed by atoms with Gasteiger partial charge in [-0.15, -0.1) is 0 Å². The van der Waals surface area contributed by atoms with E-state index < -0.39 is 15.9 Å². The van der Waals surface area contributed by atoms with E-state index >= 15 is 0 Å². The maximum atomic E-state index is 13.4. The number of hydrogen-bond donors (Lipinski definition) is 1. The molecular formula is C25H28N2O5S. The molecule has 0 saturated heterocycles. The third kappa shape index (κ3) is 5.84. The van der Waals surface area contributed by atoms with Crippen LogP contribution in [-0.2, 0) is 27.8 Å². The van der Waals surface area contributed by atoms with Gasteiger partial charge in [-0.2, -0.15) is 0 Å². The smallest absolute Gasteiger partial charge is 0.264 e. The van der Waals surface area contributed by atoms with Crippen LogP contribution in [0.15, 0.2) is 77.7 Å². The van der Waals surface area contributed by atoms with Crippen LogP contribution in [0.25, 0.3) is 0 Å². The minimum Gasteiger partial charge on any atom is -0.493 e. The summed E-state index contributed by atoms with van der Waals surface area (Å²) in [6.07, 6.45) is 0.831. The zero-order valence-electron chi connectivity index (χ0n) is 18.9. The summed E-state index contributed by atoms with van der Waals surface area (Å²) in [5, 5.41) is 2.79. The summed E-state index contributed by atoms with van der Waals surface area (Å²) in [7, 11) is -0.848. The maximum absolute atomic E-state index is 13.4. The Labute approximate surface area is 195 Å². The van der Waals surface area contributed by atoms with Gasteiger partial charge in [0.25, 0.3) is 10.0 Å². The van der Waals surface area contributed by atoms with Crippen molar-refractivity contribution in [1.29, 1.82) is 0 Å². The summed E-state index contributed by atoms with van der Waals surface area (Å²) in [5.74, 6) is 0.709. The predicted octanol–water partition coefficient (Wildman–Crippen LogP) is 3.78. The average molecular weight is 469 g/mol. The molecule has 1 amide bonds. The first-order chi connectivity index (χ1) is 15.9. The summed E-state index contributed by atoms with van der Waals surface area (Å²) in [4.78, 5) is 12.9. The third-order valence-corrected chi connectivity index (χ3v) is 6.98. The molecule has 0 atom stereocenters. The first kappa shape index (κ1) is 24.1. The Balaban J connectivity index is 1.81. The van der Waals surface area contributed by atoms with Gasteiger partial charge in [-0.05, 0) is 53.9 Å². The number of rotatable bonds is 10. The molecule has 3 aromatic rings. The molecule has 0 aromatic heterocycles. The van der Waals surface area contributed by atoms with Gasteiger partial charge in [-0.3, -0.25) is 9.10 Å². The number of amides is 1. The molecule has 0 aliphatic heterocycles. The Morgan fingerprint density at radius 3 is 2.12 bits per heavy atom. The van der Waals surface area contributed by atoms with Crippen LogP contribution in [0.2, 0.25) is 0 Å². The number of benzene rings is 3. The summed E-state index contributed by atoms with van der Waals surface area (Å²) >= 11 is 0. The minimum absolute atomic E-state index is 0.122. The van der Waals surface area contributed by atoms with Gasteiger partial charge in [0.15, 0.2) is 11.5 Å². The molecule has 0 bridgehead atoms. The van der Waals surface area contributed by atoms with Crippen molar-refractivity contribution in [3.8, 4) is 11.5 Å². The molecule has 3 aromatic carbocycles. The first-order valence-corrected chi connectivity index (χ1v) is 12.0. The molecule has 0 heterocycles. The van der Waals surface area contributed by atoms with Gasteiger partial charge in [0, 0.05) is 6.54 Å². The molecule has 0 fully saturated rings. The van der Waals surface area contributed by atoms with Crippen LogP contribution < -0.4 is 19.1 Å². The van der Waals surface area contributed by atoms with E-state index in [-0.39, 0.29) is 18.0 Å². The van der Waals surface area contributed by atoms with E-state index in [0.717, 1.165) is 21.9 Å². The van der Waals surface area contributed by atoms with Crippen molar-refractivity contribution in [3.05, 3.63) is 83.9 Å². The molecule has 8 heteroatoms. The average Bonchev–Trinajstić information content (AvgIpc) is 2.86. The third-order valence-electron chi connectivity index (χ3n) is 5.19. The number of nitrogens with one attached hydrogen (secondary N) is 1. The number of ether oxygens (including phenoxy) is 2. The Bertz CT molecular complexity index is 1180. The van der Waals surface area contributed by atoms with Crippen molar-refractivity contribution in [3.63, 3.8) is 0 Å². The predicted molar refractivity (Wildman–Crippen MR) is 128 cm³/mol. The molecule has 0 spiro atoms. The molecule has 0 saturated carbocycles. The molecular weight excluding hydrogens is 440 g/mol. The van der Waals surface area contributed by atoms with Crippen molar-refractivity contribution < 1.29 is 22.7 Å². The SMILES string of the molecule is CCc1ccc(N(CC(=O)NCc2ccc(OC)c(OC)c2)S(=O)(=O)c2ccccc2)cc1. The maximum Gasteiger partial charge on any atom is 0.264 e. The van der Waals surface area contributed by atoms with E-state index in [4.69, 9.17) is 9.47 Å². The van der Waals surface area contributed by atoms with Crippen LogP contribution in [0, 0.1) is 0 Å². The highest BCUT2D eigenvalue weighted by molar-refractivity contribution is 7.92. The minimum atomic E-state index is -3.94. The van der Waals surface area contributed by atoms with Crippen LogP contribution in [0.1, 0.15) is 18.1 Å². The molecule has 0 unspecified atom stereocenters. The second-order valence-electron chi connectivity index (χ2n) is 7.31. The van der Waals surface area contributed by atoms with Gasteiger partial charge >= 0.3 is 0 Å². The van der Waals surface area contributed by atoms with Gasteiger partial charge in [0.2, 0.25) is 5.91 Å². The van der Waals surface area contributed by atoms with Gasteiger partial charge < -0.3 is 14.8 Å². The number of carbonyl (C=O) groups excluding carboxylic acids is 1. The zero-order chi connectivity index (χ0) is 23.8. The highest BCUT2D eigenvalue weighted by Gasteiger charge is 2.27. The molecule has 33 heavy (non-hydrogen) atoms. The van der Waals surface area contributed by atoms with Crippen LogP contribution in [0.5, 0.6) is 11.5 Å². The lowest BCUT2D eigenvalue weighted by atomic mass is 10.1. The Kier molecular flexibility index (Phi) is 7.95. The molecule has 0 radical (unpaired) electrons. The van der Waals surface area contributed by atoms with Crippen LogP contribution in [0.4, 0.5) is 5.69 Å². The van der Waals surface area contributed by atoms with Gasteiger partial charge in [0.05, 0.1) is 24.8 Å². The fourth-order valence-corrected chi connectivity index (χ4v) is 4.75. The lowest BCUT2D eigenvalue weighted by Gasteiger charge is -2.24. The van der Waals surface area contributed by atoms with E-state index in [1.54, 1.807) is 49.6 Å². The van der Waals surface area contributed by atoms with E-state index in [1.165, 1.54) is 19.2 Å². The van der Waals surface area contributed by atoms with Crippen LogP contribution in [0.3, 0.4) is 0 Å². The molecule has 3 rings (SSSR count). The number of hydrogen-bond acceptors (Lipinski definition) is 5. The van der Waals surface area contributed by atoms with Crippen LogP contribution in [-0.4, -0.2) is 35.1 Å². The topological polar surface area (TPSA) is 84.9 Å². The number of sulfonamides is 1. The fourth-order valence-electron chi connectivity index (χ4n) is 3.31. The lowest BCUT2D eigenvalue weighted by molar-refractivity contribution is -0.119. The van der Waals surface area contributed by atoms with Crippen molar-refractivity contribution in [2.24, 2.45) is 0 Å². The highest BCUT2D eigenvalue weighted by Crippen LogP contribution is 2.27. The largest absolute Gasteiger partial charge is 0.493 e. The second kappa shape index (κ2) is 10.9. The lowest BCUT2D eigenvalue weighted by Crippen LogP contribution is -2.40. The number of aryl methyl sites for hydroxylation is 1. The standard InChI is InChI=1S/C25H28N2O5S/c1-4-19-10-13-21(14-11-19)27(33(29,30)22-8-6-5-7-9-22)18-25(28)26-17-20-12-15-23(31-2)24(16-20)32-3/h5-16H,4,17-18H2,1-3H3,(H,26,28). The molecule has 7 nitrogen and oxygen atoms in total. The quantitative estimate of drug-likeness (QED) is 0.490. The van der Waals surface area contributed by atoms with Crippen LogP contribution >= 0.6 is 0 Å². The molecule has 0 aliphatic rings. The summed E-state index contributed by atoms with van der Waals surface area (Å²) in [6, 6.07) is 20.6. The van der Waals surface area contributed by atoms with E-state index in [0.29, 0.717) is 17.2 Å². The van der Waals surface area contributed by atoms with Gasteiger partial charge in [-0.1, -0.05) is 43.3 Å². The molecule has 1 N–H and O–H groups in total. The van der Waals surface area contributed by atoms with Gasteiger partial charge in [0.1, 0.15) is 6.54 Å². The summed E-state index contributed by atoms with van der Waals surface area (Å²) in [6.45, 7) is 1.89. The Hall–Kier alpha value is -3.52. The fraction of sp³-hybridized carbons (Fsp3) is 0.240. The second-order valence-corrected chi connectivity index (χ2v) is 9.17. The molecule has 0 aliphatic carbocycles. The van der Waals surface area contributed by atoms with Crippen molar-refractivity contribution in [2.45, 2.75) is 24.8 Å². The summed E-state index contributed by atoms with van der Waals surface area (Å²) < 4.78 is 38.4. The van der Waals surface area contributed by atoms with Crippen molar-refractivity contribution in [1.82, 2.24) is 5.32 Å². The first-order valence-electron chi connectivity index (χ1n) is 10.5. The Morgan fingerprint density at radius 2 is 1.52 bits per heavy atom. The van der Waals surface area contributed by atoms with E-state index in [9.17, 15) is 13.2 Å². The number of nitrogens with zero attached hydrogens (tertiary/aromatic N) is 1. The summed E-state index contributed by atoms with van der Waals surface area (Å²) in [5.41, 5.74) is 2.30. The number of carbonyl (C=O) groups is 1. The zero-order valence-corrected chi connectivity index (χ0v) is 19.8. The van der Waals surface area contributed by atoms with E-state index in [1.807, 2.05) is 25.1 Å². The van der Waals surface area contributed by atoms with Crippen molar-refractivity contribution in [2.75, 3.05) is 25.1 Å². The number of methoxy groups -OCH3 is 2. The monoisotopic (exact) mass is 468 g/mol. The normalized spacial score (nSPS) is 11.0. The molecule has 174 valence electrons. The number of anilines is 1. The highest BCUT2D eigenvalue weighted by atomic mass is 32.2.